The summed E-state index contributed by atoms with van der Waals surface area (Å²) in [5.41, 5.74) is 0. The van der Waals surface area contributed by atoms with Gasteiger partial charge in [-0.25, -0.2) is 0 Å². The molecule has 5 saturated heterocycles. The summed E-state index contributed by atoms with van der Waals surface area (Å²) in [4.78, 5) is 8.20. The van der Waals surface area contributed by atoms with E-state index < -0.39 is 0 Å². The van der Waals surface area contributed by atoms with Crippen LogP contribution in [0, 0.1) is 11.8 Å². The van der Waals surface area contributed by atoms with Gasteiger partial charge in [0, 0.05) is 55.4 Å². The number of hydrogen-bond donors (Lipinski definition) is 0. The Kier molecular flexibility index (Phi) is 9.83. The normalized spacial score (nSPS) is 38.0. The van der Waals surface area contributed by atoms with Gasteiger partial charge in [-0.1, -0.05) is 19.3 Å². The monoisotopic (exact) mass is 473 g/mol. The summed E-state index contributed by atoms with van der Waals surface area (Å²) in [6, 6.07) is 6.13. The summed E-state index contributed by atoms with van der Waals surface area (Å²) in [7, 11) is 0. The van der Waals surface area contributed by atoms with Gasteiger partial charge in [-0.05, 0) is 124 Å². The van der Waals surface area contributed by atoms with Crippen LogP contribution in [0.25, 0.3) is 0 Å². The number of piperidine rings is 4. The van der Waals surface area contributed by atoms with Crippen LogP contribution < -0.4 is 0 Å². The topological polar surface area (TPSA) is 9.72 Å². The van der Waals surface area contributed by atoms with Gasteiger partial charge >= 0.3 is 0 Å². The highest BCUT2D eigenvalue weighted by atomic mass is 15.2. The van der Waals surface area contributed by atoms with Crippen molar-refractivity contribution in [2.45, 2.75) is 174 Å². The van der Waals surface area contributed by atoms with Gasteiger partial charge in [0.15, 0.2) is 0 Å². The summed E-state index contributed by atoms with van der Waals surface area (Å²) >= 11 is 0. The first-order valence-corrected chi connectivity index (χ1v) is 15.6. The van der Waals surface area contributed by atoms with E-state index in [1.807, 2.05) is 0 Å². The van der Waals surface area contributed by atoms with Crippen LogP contribution in [0.2, 0.25) is 0 Å². The Bertz CT molecular complexity index is 551. The molecule has 5 aliphatic heterocycles. The van der Waals surface area contributed by atoms with E-state index in [-0.39, 0.29) is 0 Å². The molecule has 0 amide bonds. The second-order valence-electron chi connectivity index (χ2n) is 13.7. The van der Waals surface area contributed by atoms with Gasteiger partial charge in [0.2, 0.25) is 0 Å². The third-order valence-corrected chi connectivity index (χ3v) is 10.3. The Morgan fingerprint density at radius 3 is 1.09 bits per heavy atom. The maximum atomic E-state index is 2.78. The first-order chi connectivity index (χ1) is 16.3. The highest BCUT2D eigenvalue weighted by molar-refractivity contribution is 4.93. The van der Waals surface area contributed by atoms with Crippen LogP contribution in [0.4, 0.5) is 0 Å². The Balaban J connectivity index is 0.000000121. The lowest BCUT2D eigenvalue weighted by Crippen LogP contribution is -2.52. The van der Waals surface area contributed by atoms with E-state index in [1.54, 1.807) is 0 Å². The summed E-state index contributed by atoms with van der Waals surface area (Å²) < 4.78 is 0. The Hall–Kier alpha value is -0.120. The maximum Gasteiger partial charge on any atom is 0.0101 e. The lowest BCUT2D eigenvalue weighted by Gasteiger charge is -2.48. The van der Waals surface area contributed by atoms with Crippen LogP contribution in [-0.4, -0.2) is 70.1 Å². The van der Waals surface area contributed by atoms with Gasteiger partial charge in [0.1, 0.15) is 0 Å². The number of likely N-dealkylation sites (tertiary alicyclic amines) is 1. The number of nitrogens with zero attached hydrogens (tertiary/aromatic N) is 3. The van der Waals surface area contributed by atoms with Crippen molar-refractivity contribution in [3.63, 3.8) is 0 Å². The molecule has 198 valence electrons. The van der Waals surface area contributed by atoms with Crippen LogP contribution in [0.1, 0.15) is 131 Å². The van der Waals surface area contributed by atoms with E-state index in [0.717, 1.165) is 54.1 Å². The summed E-state index contributed by atoms with van der Waals surface area (Å²) in [5.74, 6) is 2.10. The first kappa shape index (κ1) is 26.9. The van der Waals surface area contributed by atoms with E-state index in [0.29, 0.717) is 0 Å². The third kappa shape index (κ3) is 6.60. The van der Waals surface area contributed by atoms with E-state index in [1.165, 1.54) is 103 Å². The zero-order valence-electron chi connectivity index (χ0n) is 23.9. The number of rotatable bonds is 3. The van der Waals surface area contributed by atoms with Crippen molar-refractivity contribution in [3.8, 4) is 0 Å². The lowest BCUT2D eigenvalue weighted by atomic mass is 9.83. The molecule has 6 bridgehead atoms. The van der Waals surface area contributed by atoms with Crippen LogP contribution >= 0.6 is 0 Å². The molecule has 1 aliphatic carbocycles. The van der Waals surface area contributed by atoms with Crippen molar-refractivity contribution < 1.29 is 0 Å². The van der Waals surface area contributed by atoms with E-state index >= 15 is 0 Å². The van der Waals surface area contributed by atoms with Crippen molar-refractivity contribution in [1.29, 1.82) is 0 Å². The van der Waals surface area contributed by atoms with Crippen molar-refractivity contribution in [3.05, 3.63) is 0 Å². The predicted octanol–water partition coefficient (Wildman–Crippen LogP) is 7.34. The smallest absolute Gasteiger partial charge is 0.0101 e. The molecule has 6 rings (SSSR count). The van der Waals surface area contributed by atoms with Crippen LogP contribution in [0.15, 0.2) is 0 Å². The van der Waals surface area contributed by atoms with Crippen LogP contribution in [0.5, 0.6) is 0 Å². The summed E-state index contributed by atoms with van der Waals surface area (Å²) in [6.07, 6.45) is 20.8. The fraction of sp³-hybridized carbons (Fsp3) is 1.00. The molecule has 0 N–H and O–H groups in total. The highest BCUT2D eigenvalue weighted by Gasteiger charge is 2.37. The van der Waals surface area contributed by atoms with Crippen LogP contribution in [-0.2, 0) is 0 Å². The van der Waals surface area contributed by atoms with Crippen LogP contribution in [0.3, 0.4) is 0 Å². The Morgan fingerprint density at radius 1 is 0.441 bits per heavy atom. The molecule has 4 atom stereocenters. The third-order valence-electron chi connectivity index (χ3n) is 10.3. The Labute approximate surface area is 213 Å². The lowest BCUT2D eigenvalue weighted by molar-refractivity contribution is 0.0140. The first-order valence-electron chi connectivity index (χ1n) is 15.6. The zero-order valence-corrected chi connectivity index (χ0v) is 23.9. The molecule has 3 nitrogen and oxygen atoms in total. The minimum atomic E-state index is 0.776. The maximum absolute atomic E-state index is 2.78. The molecule has 6 aliphatic rings. The number of hydrogen-bond acceptors (Lipinski definition) is 3. The SMILES string of the molecule is CC(C)N1C2CCCC1CC2.CC(C)N1C2CCCC1CCC2.CC(C)N1CC2CCC(C2)C1. The van der Waals surface area contributed by atoms with Gasteiger partial charge in [-0.15, -0.1) is 0 Å². The molecule has 5 heterocycles. The van der Waals surface area contributed by atoms with Gasteiger partial charge in [0.25, 0.3) is 0 Å². The quantitative estimate of drug-likeness (QED) is 0.424. The molecular formula is C31H59N3. The molecule has 6 fully saturated rings. The second kappa shape index (κ2) is 12.4. The minimum absolute atomic E-state index is 0.776. The fourth-order valence-electron chi connectivity index (χ4n) is 8.87. The molecule has 0 spiro atoms. The van der Waals surface area contributed by atoms with Gasteiger partial charge < -0.3 is 4.90 Å². The van der Waals surface area contributed by atoms with Gasteiger partial charge in [-0.2, -0.15) is 0 Å². The van der Waals surface area contributed by atoms with E-state index in [4.69, 9.17) is 0 Å². The number of fused-ring (bicyclic) bond motifs is 6. The van der Waals surface area contributed by atoms with Gasteiger partial charge in [-0.3, -0.25) is 9.80 Å². The van der Waals surface area contributed by atoms with Crippen molar-refractivity contribution in [2.75, 3.05) is 13.1 Å². The second-order valence-corrected chi connectivity index (χ2v) is 13.7. The highest BCUT2D eigenvalue weighted by Crippen LogP contribution is 2.38. The van der Waals surface area contributed by atoms with Crippen molar-refractivity contribution >= 4 is 0 Å². The van der Waals surface area contributed by atoms with E-state index in [9.17, 15) is 0 Å². The van der Waals surface area contributed by atoms with E-state index in [2.05, 4.69) is 56.2 Å². The van der Waals surface area contributed by atoms with Crippen molar-refractivity contribution in [2.24, 2.45) is 11.8 Å². The zero-order chi connectivity index (χ0) is 24.2. The summed E-state index contributed by atoms with van der Waals surface area (Å²) in [5, 5.41) is 0. The molecule has 1 saturated carbocycles. The standard InChI is InChI=1S/C11H21N.2C10H19N/c1-9(2)12-10-5-3-6-11(12)8-4-7-10;1-8(2)11-6-9-3-4-10(5-9)7-11;1-8(2)11-9-4-3-5-10(11)7-6-9/h9-11H,3-8H2,1-2H3;2*8-10H,3-7H2,1-2H3. The molecule has 34 heavy (non-hydrogen) atoms. The summed E-state index contributed by atoms with van der Waals surface area (Å²) in [6.45, 7) is 16.8. The molecule has 0 aromatic carbocycles. The van der Waals surface area contributed by atoms with Gasteiger partial charge in [0.05, 0.1) is 0 Å². The predicted molar refractivity (Wildman–Crippen MR) is 147 cm³/mol. The molecule has 0 aromatic heterocycles. The molecule has 4 unspecified atom stereocenters. The minimum Gasteiger partial charge on any atom is -0.300 e. The van der Waals surface area contributed by atoms with Crippen molar-refractivity contribution in [1.82, 2.24) is 14.7 Å². The largest absolute Gasteiger partial charge is 0.300 e. The average molecular weight is 474 g/mol. The molecule has 0 radical (unpaired) electrons. The average Bonchev–Trinajstić information content (AvgIpc) is 3.27. The molecule has 0 aromatic rings. The fourth-order valence-corrected chi connectivity index (χ4v) is 8.87. The molecule has 3 heteroatoms. The molecular weight excluding hydrogens is 414 g/mol. The Morgan fingerprint density at radius 2 is 0.794 bits per heavy atom.